The molecule has 0 saturated heterocycles. The molecule has 2 N–H and O–H groups in total. The van der Waals surface area contributed by atoms with Crippen molar-refractivity contribution in [1.82, 2.24) is 24.5 Å². The van der Waals surface area contributed by atoms with E-state index in [0.717, 1.165) is 0 Å². The molecule has 3 heterocycles. The van der Waals surface area contributed by atoms with Crippen molar-refractivity contribution in [1.29, 1.82) is 0 Å². The van der Waals surface area contributed by atoms with Gasteiger partial charge in [0.1, 0.15) is 17.7 Å². The number of halogens is 3. The van der Waals surface area contributed by atoms with Crippen LogP contribution in [-0.2, 0) is 0 Å². The minimum Gasteiger partial charge on any atom is -0.360 e. The summed E-state index contributed by atoms with van der Waals surface area (Å²) in [5.74, 6) is -0.118. The van der Waals surface area contributed by atoms with Gasteiger partial charge in [0.05, 0.1) is 33.5 Å². The number of para-hydroxylation sites is 1. The van der Waals surface area contributed by atoms with Gasteiger partial charge in [0.15, 0.2) is 11.5 Å². The van der Waals surface area contributed by atoms with E-state index in [1.54, 1.807) is 36.4 Å². The molecule has 1 atom stereocenters. The van der Waals surface area contributed by atoms with Gasteiger partial charge >= 0.3 is 0 Å². The van der Waals surface area contributed by atoms with Crippen molar-refractivity contribution in [2.24, 2.45) is 0 Å². The minimum absolute atomic E-state index is 0.0381. The highest BCUT2D eigenvalue weighted by atomic mass is 35.5. The van der Waals surface area contributed by atoms with E-state index in [1.807, 2.05) is 6.92 Å². The number of hydrogen-bond acceptors (Lipinski definition) is 5. The molecular formula is C23H17Cl2FN6O. The first-order chi connectivity index (χ1) is 16.0. The molecular weight excluding hydrogens is 466 g/mol. The molecule has 7 nitrogen and oxygen atoms in total. The van der Waals surface area contributed by atoms with Crippen LogP contribution in [0.1, 0.15) is 25.1 Å². The number of aromatic amines is 1. The second kappa shape index (κ2) is 8.46. The van der Waals surface area contributed by atoms with Crippen molar-refractivity contribution in [2.45, 2.75) is 19.4 Å². The van der Waals surface area contributed by atoms with Crippen molar-refractivity contribution in [3.05, 3.63) is 87.0 Å². The average molecular weight is 483 g/mol. The maximum atomic E-state index is 14.7. The Kier molecular flexibility index (Phi) is 5.47. The van der Waals surface area contributed by atoms with Gasteiger partial charge in [0.25, 0.3) is 5.56 Å². The van der Waals surface area contributed by atoms with Gasteiger partial charge in [-0.3, -0.25) is 9.36 Å². The molecule has 0 aliphatic carbocycles. The Labute approximate surface area is 197 Å². The Balaban J connectivity index is 1.79. The first kappa shape index (κ1) is 21.4. The number of rotatable bonds is 5. The van der Waals surface area contributed by atoms with E-state index in [1.165, 1.54) is 23.3 Å². The van der Waals surface area contributed by atoms with Crippen molar-refractivity contribution < 1.29 is 4.39 Å². The molecule has 2 aromatic carbocycles. The maximum Gasteiger partial charge on any atom is 0.266 e. The van der Waals surface area contributed by atoms with E-state index in [0.29, 0.717) is 40.2 Å². The van der Waals surface area contributed by atoms with Crippen LogP contribution in [0.2, 0.25) is 10.0 Å². The van der Waals surface area contributed by atoms with E-state index >= 15 is 0 Å². The summed E-state index contributed by atoms with van der Waals surface area (Å²) in [5.41, 5.74) is 1.43. The van der Waals surface area contributed by atoms with E-state index in [-0.39, 0.29) is 15.4 Å². The topological polar surface area (TPSA) is 88.5 Å². The average Bonchev–Trinajstić information content (AvgIpc) is 3.28. The third-order valence-corrected chi connectivity index (χ3v) is 6.09. The number of nitrogens with zero attached hydrogens (tertiary/aromatic N) is 4. The van der Waals surface area contributed by atoms with Crippen LogP contribution in [0.15, 0.2) is 59.9 Å². The lowest BCUT2D eigenvalue weighted by molar-refractivity contribution is 0.635. The number of fused-ring (bicyclic) bond motifs is 2. The zero-order chi connectivity index (χ0) is 23.1. The lowest BCUT2D eigenvalue weighted by Gasteiger charge is -2.24. The summed E-state index contributed by atoms with van der Waals surface area (Å²) in [4.78, 5) is 29.4. The lowest BCUT2D eigenvalue weighted by atomic mass is 10.0. The lowest BCUT2D eigenvalue weighted by Crippen LogP contribution is -2.27. The fourth-order valence-electron chi connectivity index (χ4n) is 3.95. The molecule has 0 amide bonds. The summed E-state index contributed by atoms with van der Waals surface area (Å²) in [6, 6.07) is 10.8. The molecule has 0 saturated carbocycles. The monoisotopic (exact) mass is 482 g/mol. The third kappa shape index (κ3) is 3.61. The van der Waals surface area contributed by atoms with Crippen molar-refractivity contribution >= 4 is 51.0 Å². The largest absolute Gasteiger partial charge is 0.360 e. The van der Waals surface area contributed by atoms with Gasteiger partial charge in [0, 0.05) is 5.69 Å². The van der Waals surface area contributed by atoms with Crippen molar-refractivity contribution in [3.63, 3.8) is 0 Å². The molecule has 0 aliphatic rings. The molecule has 33 heavy (non-hydrogen) atoms. The summed E-state index contributed by atoms with van der Waals surface area (Å²) in [6.07, 6.45) is 3.52. The van der Waals surface area contributed by atoms with Crippen LogP contribution >= 0.6 is 23.2 Å². The Hall–Kier alpha value is -3.49. The summed E-state index contributed by atoms with van der Waals surface area (Å²) in [7, 11) is 0. The molecule has 5 aromatic rings. The summed E-state index contributed by atoms with van der Waals surface area (Å²) < 4.78 is 16.1. The van der Waals surface area contributed by atoms with Crippen LogP contribution in [0, 0.1) is 5.82 Å². The van der Waals surface area contributed by atoms with Crippen molar-refractivity contribution in [3.8, 4) is 5.69 Å². The summed E-state index contributed by atoms with van der Waals surface area (Å²) in [5, 5.41) is 4.34. The number of hydrogen-bond donors (Lipinski definition) is 2. The molecule has 0 fully saturated rings. The van der Waals surface area contributed by atoms with Gasteiger partial charge in [0.2, 0.25) is 0 Å². The minimum atomic E-state index is -0.615. The zero-order valence-electron chi connectivity index (χ0n) is 17.3. The first-order valence-corrected chi connectivity index (χ1v) is 10.9. The number of anilines is 1. The predicted molar refractivity (Wildman–Crippen MR) is 128 cm³/mol. The Bertz CT molecular complexity index is 1540. The van der Waals surface area contributed by atoms with Gasteiger partial charge in [-0.05, 0) is 36.1 Å². The van der Waals surface area contributed by atoms with Gasteiger partial charge in [-0.1, -0.05) is 48.3 Å². The predicted octanol–water partition coefficient (Wildman–Crippen LogP) is 5.67. The zero-order valence-corrected chi connectivity index (χ0v) is 18.8. The van der Waals surface area contributed by atoms with Crippen LogP contribution in [0.25, 0.3) is 27.6 Å². The highest BCUT2D eigenvalue weighted by Gasteiger charge is 2.23. The first-order valence-electron chi connectivity index (χ1n) is 10.2. The molecule has 0 unspecified atom stereocenters. The van der Waals surface area contributed by atoms with E-state index in [4.69, 9.17) is 23.2 Å². The van der Waals surface area contributed by atoms with E-state index in [9.17, 15) is 9.18 Å². The quantitative estimate of drug-likeness (QED) is 0.337. The standard InChI is InChI=1S/C23H17Cl2FN6O/c1-2-16(31-22-19-21(28-10-27-19)29-11-30-22)17-9-12-5-3-8-15(26)18(12)23(33)32(17)20-13(24)6-4-7-14(20)25/h3-11,16H,2H2,1H3,(H2,27,28,29,30,31)/t16-/m0/s1. The van der Waals surface area contributed by atoms with Gasteiger partial charge in [-0.2, -0.15) is 0 Å². The smallest absolute Gasteiger partial charge is 0.266 e. The molecule has 5 rings (SSSR count). The van der Waals surface area contributed by atoms with Gasteiger partial charge < -0.3 is 10.3 Å². The Morgan fingerprint density at radius 2 is 1.88 bits per heavy atom. The highest BCUT2D eigenvalue weighted by Crippen LogP contribution is 2.33. The number of pyridine rings is 1. The fraction of sp³-hybridized carbons (Fsp3) is 0.130. The molecule has 10 heteroatoms. The second-order valence-electron chi connectivity index (χ2n) is 7.41. The number of aromatic nitrogens is 5. The SMILES string of the molecule is CC[C@H](Nc1ncnc2[nH]cnc12)c1cc2cccc(F)c2c(=O)n1-c1c(Cl)cccc1Cl. The van der Waals surface area contributed by atoms with Crippen molar-refractivity contribution in [2.75, 3.05) is 5.32 Å². The van der Waals surface area contributed by atoms with Crippen LogP contribution in [0.4, 0.5) is 10.2 Å². The summed E-state index contributed by atoms with van der Waals surface area (Å²) >= 11 is 13.0. The number of H-pyrrole nitrogens is 1. The van der Waals surface area contributed by atoms with Crippen LogP contribution in [-0.4, -0.2) is 24.5 Å². The van der Waals surface area contributed by atoms with Crippen LogP contribution < -0.4 is 10.9 Å². The molecule has 0 radical (unpaired) electrons. The summed E-state index contributed by atoms with van der Waals surface area (Å²) in [6.45, 7) is 1.96. The molecule has 3 aromatic heterocycles. The fourth-order valence-corrected chi connectivity index (χ4v) is 4.52. The Morgan fingerprint density at radius 1 is 1.12 bits per heavy atom. The van der Waals surface area contributed by atoms with E-state index < -0.39 is 17.4 Å². The third-order valence-electron chi connectivity index (χ3n) is 5.48. The molecule has 0 bridgehead atoms. The van der Waals surface area contributed by atoms with E-state index in [2.05, 4.69) is 25.3 Å². The molecule has 166 valence electrons. The molecule has 0 spiro atoms. The number of imidazole rings is 1. The second-order valence-corrected chi connectivity index (χ2v) is 8.23. The number of benzene rings is 2. The Morgan fingerprint density at radius 3 is 2.64 bits per heavy atom. The number of nitrogens with one attached hydrogen (secondary N) is 2. The molecule has 0 aliphatic heterocycles. The van der Waals surface area contributed by atoms with Crippen LogP contribution in [0.3, 0.4) is 0 Å². The highest BCUT2D eigenvalue weighted by molar-refractivity contribution is 6.37. The van der Waals surface area contributed by atoms with Gasteiger partial charge in [-0.25, -0.2) is 19.3 Å². The van der Waals surface area contributed by atoms with Crippen LogP contribution in [0.5, 0.6) is 0 Å². The maximum absolute atomic E-state index is 14.7. The normalized spacial score (nSPS) is 12.4. The van der Waals surface area contributed by atoms with Gasteiger partial charge in [-0.15, -0.1) is 0 Å².